The van der Waals surface area contributed by atoms with E-state index in [9.17, 15) is 9.90 Å². The van der Waals surface area contributed by atoms with E-state index in [4.69, 9.17) is 10.00 Å². The Morgan fingerprint density at radius 3 is 2.65 bits per heavy atom. The Morgan fingerprint density at radius 1 is 1.40 bits per heavy atom. The average Bonchev–Trinajstić information content (AvgIpc) is 2.47. The van der Waals surface area contributed by atoms with Gasteiger partial charge in [0.05, 0.1) is 25.3 Å². The molecular weight excluding hydrogens is 258 g/mol. The number of carbonyl (C=O) groups excluding carboxylic acids is 1. The number of methoxy groups -OCH3 is 1. The van der Waals surface area contributed by atoms with E-state index in [1.807, 2.05) is 4.90 Å². The molecule has 1 N–H and O–H groups in total. The predicted molar refractivity (Wildman–Crippen MR) is 72.6 cm³/mol. The Kier molecular flexibility index (Phi) is 4.43. The summed E-state index contributed by atoms with van der Waals surface area (Å²) in [5.74, 6) is 0.244. The summed E-state index contributed by atoms with van der Waals surface area (Å²) in [7, 11) is 1.50. The molecule has 1 aliphatic heterocycles. The lowest BCUT2D eigenvalue weighted by Crippen LogP contribution is -2.48. The highest BCUT2D eigenvalue weighted by Crippen LogP contribution is 2.24. The van der Waals surface area contributed by atoms with Crippen molar-refractivity contribution in [1.29, 1.82) is 5.26 Å². The highest BCUT2D eigenvalue weighted by atomic mass is 16.5. The quantitative estimate of drug-likeness (QED) is 0.821. The summed E-state index contributed by atoms with van der Waals surface area (Å²) < 4.78 is 4.99. The first kappa shape index (κ1) is 14.2. The van der Waals surface area contributed by atoms with Crippen LogP contribution in [0.15, 0.2) is 18.2 Å². The van der Waals surface area contributed by atoms with Crippen molar-refractivity contribution in [3.8, 4) is 17.6 Å². The van der Waals surface area contributed by atoms with Gasteiger partial charge in [-0.1, -0.05) is 0 Å². The number of amides is 1. The van der Waals surface area contributed by atoms with Crippen LogP contribution < -0.4 is 4.74 Å². The molecule has 1 aromatic carbocycles. The van der Waals surface area contributed by atoms with Gasteiger partial charge in [-0.3, -0.25) is 9.69 Å². The summed E-state index contributed by atoms with van der Waals surface area (Å²) in [5.41, 5.74) is 0.277. The maximum Gasteiger partial charge on any atom is 0.257 e. The molecule has 6 heteroatoms. The molecule has 0 radical (unpaired) electrons. The van der Waals surface area contributed by atoms with Crippen LogP contribution in [0.3, 0.4) is 0 Å². The maximum absolute atomic E-state index is 12.3. The third-order valence-corrected chi connectivity index (χ3v) is 3.39. The normalized spacial score (nSPS) is 15.7. The van der Waals surface area contributed by atoms with Crippen molar-refractivity contribution in [3.05, 3.63) is 23.8 Å². The lowest BCUT2D eigenvalue weighted by atomic mass is 10.1. The number of phenols is 1. The zero-order valence-electron chi connectivity index (χ0n) is 11.4. The molecule has 20 heavy (non-hydrogen) atoms. The molecule has 106 valence electrons. The maximum atomic E-state index is 12.3. The SMILES string of the molecule is COc1ccc(C(=O)N2CCN(CC#N)CC2)c(O)c1. The van der Waals surface area contributed by atoms with Crippen molar-refractivity contribution in [2.45, 2.75) is 0 Å². The molecule has 6 nitrogen and oxygen atoms in total. The molecule has 1 aliphatic rings. The van der Waals surface area contributed by atoms with Crippen LogP contribution in [-0.2, 0) is 0 Å². The molecule has 0 spiro atoms. The van der Waals surface area contributed by atoms with E-state index in [1.54, 1.807) is 17.0 Å². The molecule has 0 saturated carbocycles. The lowest BCUT2D eigenvalue weighted by molar-refractivity contribution is 0.0649. The summed E-state index contributed by atoms with van der Waals surface area (Å²) in [6.07, 6.45) is 0. The van der Waals surface area contributed by atoms with E-state index < -0.39 is 0 Å². The zero-order valence-corrected chi connectivity index (χ0v) is 11.4. The van der Waals surface area contributed by atoms with E-state index in [0.717, 1.165) is 0 Å². The summed E-state index contributed by atoms with van der Waals surface area (Å²) in [4.78, 5) is 16.0. The Morgan fingerprint density at radius 2 is 2.10 bits per heavy atom. The molecule has 2 rings (SSSR count). The highest BCUT2D eigenvalue weighted by molar-refractivity contribution is 5.97. The molecule has 0 aromatic heterocycles. The number of aromatic hydroxyl groups is 1. The van der Waals surface area contributed by atoms with Gasteiger partial charge in [0.1, 0.15) is 11.5 Å². The molecule has 0 atom stereocenters. The Balaban J connectivity index is 2.04. The fraction of sp³-hybridized carbons (Fsp3) is 0.429. The van der Waals surface area contributed by atoms with Gasteiger partial charge in [0, 0.05) is 32.2 Å². The average molecular weight is 275 g/mol. The van der Waals surface area contributed by atoms with Gasteiger partial charge in [-0.25, -0.2) is 0 Å². The van der Waals surface area contributed by atoms with Crippen LogP contribution in [0.25, 0.3) is 0 Å². The molecular formula is C14H17N3O3. The summed E-state index contributed by atoms with van der Waals surface area (Å²) in [5, 5.41) is 18.5. The van der Waals surface area contributed by atoms with Crippen molar-refractivity contribution in [2.75, 3.05) is 39.8 Å². The van der Waals surface area contributed by atoms with Crippen LogP contribution in [-0.4, -0.2) is 60.6 Å². The predicted octanol–water partition coefficient (Wildman–Crippen LogP) is 0.682. The van der Waals surface area contributed by atoms with Crippen LogP contribution in [0.2, 0.25) is 0 Å². The van der Waals surface area contributed by atoms with Gasteiger partial charge < -0.3 is 14.7 Å². The number of carbonyl (C=O) groups is 1. The Labute approximate surface area is 117 Å². The van der Waals surface area contributed by atoms with Crippen LogP contribution >= 0.6 is 0 Å². The second kappa shape index (κ2) is 6.26. The minimum Gasteiger partial charge on any atom is -0.507 e. The molecule has 1 fully saturated rings. The standard InChI is InChI=1S/C14H17N3O3/c1-20-11-2-3-12(13(18)10-11)14(19)17-8-6-16(5-4-15)7-9-17/h2-3,10,18H,5-9H2,1H3. The fourth-order valence-corrected chi connectivity index (χ4v) is 2.20. The number of ether oxygens (including phenoxy) is 1. The fourth-order valence-electron chi connectivity index (χ4n) is 2.20. The number of rotatable bonds is 3. The third-order valence-electron chi connectivity index (χ3n) is 3.39. The lowest BCUT2D eigenvalue weighted by Gasteiger charge is -2.33. The van der Waals surface area contributed by atoms with Crippen LogP contribution in [0.1, 0.15) is 10.4 Å². The topological polar surface area (TPSA) is 76.8 Å². The second-order valence-corrected chi connectivity index (χ2v) is 4.61. The first-order valence-corrected chi connectivity index (χ1v) is 6.41. The summed E-state index contributed by atoms with van der Waals surface area (Å²) >= 11 is 0. The molecule has 1 saturated heterocycles. The zero-order chi connectivity index (χ0) is 14.5. The minimum atomic E-state index is -0.193. The summed E-state index contributed by atoms with van der Waals surface area (Å²) in [6, 6.07) is 6.75. The van der Waals surface area contributed by atoms with Gasteiger partial charge in [-0.2, -0.15) is 5.26 Å². The van der Waals surface area contributed by atoms with Crippen molar-refractivity contribution >= 4 is 5.91 Å². The van der Waals surface area contributed by atoms with Gasteiger partial charge >= 0.3 is 0 Å². The third kappa shape index (κ3) is 3.00. The van der Waals surface area contributed by atoms with Crippen molar-refractivity contribution in [2.24, 2.45) is 0 Å². The monoisotopic (exact) mass is 275 g/mol. The molecule has 0 unspecified atom stereocenters. The highest BCUT2D eigenvalue weighted by Gasteiger charge is 2.23. The molecule has 0 bridgehead atoms. The van der Waals surface area contributed by atoms with Gasteiger partial charge in [-0.05, 0) is 12.1 Å². The van der Waals surface area contributed by atoms with E-state index in [1.165, 1.54) is 13.2 Å². The second-order valence-electron chi connectivity index (χ2n) is 4.61. The first-order valence-electron chi connectivity index (χ1n) is 6.41. The smallest absolute Gasteiger partial charge is 0.257 e. The van der Waals surface area contributed by atoms with Crippen molar-refractivity contribution < 1.29 is 14.6 Å². The van der Waals surface area contributed by atoms with Crippen molar-refractivity contribution in [1.82, 2.24) is 9.80 Å². The van der Waals surface area contributed by atoms with Gasteiger partial charge in [0.15, 0.2) is 0 Å². The molecule has 1 heterocycles. The number of benzene rings is 1. The van der Waals surface area contributed by atoms with E-state index in [0.29, 0.717) is 38.5 Å². The number of piperazine rings is 1. The van der Waals surface area contributed by atoms with Gasteiger partial charge in [0.25, 0.3) is 5.91 Å². The van der Waals surface area contributed by atoms with Gasteiger partial charge in [-0.15, -0.1) is 0 Å². The number of hydrogen-bond acceptors (Lipinski definition) is 5. The Bertz CT molecular complexity index is 531. The largest absolute Gasteiger partial charge is 0.507 e. The minimum absolute atomic E-state index is 0.0752. The van der Waals surface area contributed by atoms with Gasteiger partial charge in [0.2, 0.25) is 0 Å². The first-order chi connectivity index (χ1) is 9.65. The van der Waals surface area contributed by atoms with Crippen molar-refractivity contribution in [3.63, 3.8) is 0 Å². The van der Waals surface area contributed by atoms with E-state index >= 15 is 0 Å². The number of nitriles is 1. The number of nitrogens with zero attached hydrogens (tertiary/aromatic N) is 3. The van der Waals surface area contributed by atoms with Crippen LogP contribution in [0.4, 0.5) is 0 Å². The number of hydrogen-bond donors (Lipinski definition) is 1. The molecule has 0 aliphatic carbocycles. The van der Waals surface area contributed by atoms with Crippen LogP contribution in [0.5, 0.6) is 11.5 Å². The molecule has 1 aromatic rings. The Hall–Kier alpha value is -2.26. The number of phenolic OH excluding ortho intramolecular Hbond substituents is 1. The molecule has 1 amide bonds. The summed E-state index contributed by atoms with van der Waals surface area (Å²) in [6.45, 7) is 2.86. The van der Waals surface area contributed by atoms with E-state index in [2.05, 4.69) is 6.07 Å². The van der Waals surface area contributed by atoms with E-state index in [-0.39, 0.29) is 17.2 Å². The van der Waals surface area contributed by atoms with Crippen LogP contribution in [0, 0.1) is 11.3 Å².